The van der Waals surface area contributed by atoms with Gasteiger partial charge in [-0.15, -0.1) is 0 Å². The Labute approximate surface area is 112 Å². The third kappa shape index (κ3) is 2.95. The summed E-state index contributed by atoms with van der Waals surface area (Å²) in [5.74, 6) is 1.33. The largest absolute Gasteiger partial charge is 0.352 e. The fraction of sp³-hybridized carbons (Fsp3) is 0.615. The van der Waals surface area contributed by atoms with E-state index >= 15 is 0 Å². The first-order chi connectivity index (χ1) is 8.53. The van der Waals surface area contributed by atoms with Crippen molar-refractivity contribution in [2.45, 2.75) is 25.1 Å². The Kier molecular flexibility index (Phi) is 4.12. The van der Waals surface area contributed by atoms with E-state index in [9.17, 15) is 4.39 Å². The van der Waals surface area contributed by atoms with E-state index in [4.69, 9.17) is 0 Å². The molecule has 0 saturated carbocycles. The lowest BCUT2D eigenvalue weighted by atomic mass is 10.1. The SMILES string of the molecule is CNCc1ccnc(N2CCSC(C)(C)C2)c1F. The average Bonchev–Trinajstić information content (AvgIpc) is 2.31. The molecule has 5 heteroatoms. The van der Waals surface area contributed by atoms with Crippen LogP contribution in [0.1, 0.15) is 19.4 Å². The third-order valence-electron chi connectivity index (χ3n) is 3.04. The number of nitrogens with one attached hydrogen (secondary N) is 1. The van der Waals surface area contributed by atoms with Crippen molar-refractivity contribution >= 4 is 17.6 Å². The number of hydrogen-bond donors (Lipinski definition) is 1. The minimum atomic E-state index is -0.186. The molecule has 1 aromatic heterocycles. The Morgan fingerprint density at radius 1 is 1.56 bits per heavy atom. The van der Waals surface area contributed by atoms with Crippen molar-refractivity contribution in [3.8, 4) is 0 Å². The van der Waals surface area contributed by atoms with Crippen molar-refractivity contribution in [3.63, 3.8) is 0 Å². The van der Waals surface area contributed by atoms with E-state index in [2.05, 4.69) is 29.0 Å². The van der Waals surface area contributed by atoms with Gasteiger partial charge >= 0.3 is 0 Å². The van der Waals surface area contributed by atoms with Gasteiger partial charge in [0.25, 0.3) is 0 Å². The highest BCUT2D eigenvalue weighted by Crippen LogP contribution is 2.32. The molecular weight excluding hydrogens is 249 g/mol. The molecule has 0 atom stereocenters. The molecule has 2 rings (SSSR count). The van der Waals surface area contributed by atoms with E-state index in [0.717, 1.165) is 18.8 Å². The van der Waals surface area contributed by atoms with E-state index < -0.39 is 0 Å². The molecule has 0 aromatic carbocycles. The normalized spacial score (nSPS) is 19.0. The summed E-state index contributed by atoms with van der Waals surface area (Å²) in [6, 6.07) is 1.74. The highest BCUT2D eigenvalue weighted by molar-refractivity contribution is 8.00. The topological polar surface area (TPSA) is 28.2 Å². The summed E-state index contributed by atoms with van der Waals surface area (Å²) in [5.41, 5.74) is 0.679. The van der Waals surface area contributed by atoms with Crippen LogP contribution in [0, 0.1) is 5.82 Å². The van der Waals surface area contributed by atoms with Crippen LogP contribution < -0.4 is 10.2 Å². The predicted octanol–water partition coefficient (Wildman–Crippen LogP) is 2.27. The molecule has 0 bridgehead atoms. The van der Waals surface area contributed by atoms with E-state index in [1.165, 1.54) is 0 Å². The van der Waals surface area contributed by atoms with Gasteiger partial charge in [0, 0.05) is 41.9 Å². The van der Waals surface area contributed by atoms with Crippen LogP contribution in [0.2, 0.25) is 0 Å². The van der Waals surface area contributed by atoms with Crippen LogP contribution >= 0.6 is 11.8 Å². The van der Waals surface area contributed by atoms with Gasteiger partial charge in [0.05, 0.1) is 0 Å². The number of aromatic nitrogens is 1. The number of nitrogens with zero attached hydrogens (tertiary/aromatic N) is 2. The molecule has 1 aliphatic rings. The Morgan fingerprint density at radius 3 is 3.00 bits per heavy atom. The van der Waals surface area contributed by atoms with Gasteiger partial charge in [-0.05, 0) is 27.0 Å². The second-order valence-corrected chi connectivity index (χ2v) is 6.97. The molecule has 0 unspecified atom stereocenters. The molecule has 0 amide bonds. The maximum absolute atomic E-state index is 14.3. The summed E-state index contributed by atoms with van der Waals surface area (Å²) < 4.78 is 14.5. The first-order valence-corrected chi connectivity index (χ1v) is 7.19. The summed E-state index contributed by atoms with van der Waals surface area (Å²) in [6.45, 7) is 6.62. The molecule has 18 heavy (non-hydrogen) atoms. The first-order valence-electron chi connectivity index (χ1n) is 6.20. The number of hydrogen-bond acceptors (Lipinski definition) is 4. The molecule has 3 nitrogen and oxygen atoms in total. The number of anilines is 1. The van der Waals surface area contributed by atoms with E-state index in [1.807, 2.05) is 18.8 Å². The van der Waals surface area contributed by atoms with Gasteiger partial charge in [-0.2, -0.15) is 11.8 Å². The van der Waals surface area contributed by atoms with Crippen LogP contribution in [-0.2, 0) is 6.54 Å². The quantitative estimate of drug-likeness (QED) is 0.911. The van der Waals surface area contributed by atoms with Gasteiger partial charge in [-0.3, -0.25) is 0 Å². The molecule has 0 spiro atoms. The first kappa shape index (κ1) is 13.6. The molecular formula is C13H20FN3S. The lowest BCUT2D eigenvalue weighted by molar-refractivity contribution is 0.571. The van der Waals surface area contributed by atoms with E-state index in [0.29, 0.717) is 17.9 Å². The highest BCUT2D eigenvalue weighted by Gasteiger charge is 2.29. The molecule has 1 N–H and O–H groups in total. The zero-order valence-electron chi connectivity index (χ0n) is 11.2. The second kappa shape index (κ2) is 5.45. The minimum Gasteiger partial charge on any atom is -0.352 e. The van der Waals surface area contributed by atoms with Crippen molar-refractivity contribution in [1.29, 1.82) is 0 Å². The number of thioether (sulfide) groups is 1. The molecule has 0 aliphatic carbocycles. The van der Waals surface area contributed by atoms with Crippen LogP contribution in [0.15, 0.2) is 12.3 Å². The summed E-state index contributed by atoms with van der Waals surface area (Å²) in [5, 5.41) is 2.98. The lowest BCUT2D eigenvalue weighted by Gasteiger charge is -2.38. The fourth-order valence-electron chi connectivity index (χ4n) is 2.22. The Hall–Kier alpha value is -0.810. The minimum absolute atomic E-state index is 0.158. The highest BCUT2D eigenvalue weighted by atomic mass is 32.2. The average molecular weight is 269 g/mol. The number of halogens is 1. The fourth-order valence-corrected chi connectivity index (χ4v) is 3.33. The summed E-state index contributed by atoms with van der Waals surface area (Å²) in [7, 11) is 1.82. The van der Waals surface area contributed by atoms with Gasteiger partial charge < -0.3 is 10.2 Å². The van der Waals surface area contributed by atoms with Crippen LogP contribution in [0.5, 0.6) is 0 Å². The van der Waals surface area contributed by atoms with Gasteiger partial charge in [-0.25, -0.2) is 9.37 Å². The zero-order chi connectivity index (χ0) is 13.2. The predicted molar refractivity (Wildman–Crippen MR) is 75.7 cm³/mol. The zero-order valence-corrected chi connectivity index (χ0v) is 12.0. The Morgan fingerprint density at radius 2 is 2.33 bits per heavy atom. The number of rotatable bonds is 3. The molecule has 1 saturated heterocycles. The molecule has 100 valence electrons. The van der Waals surface area contributed by atoms with Crippen LogP contribution in [0.25, 0.3) is 0 Å². The Balaban J connectivity index is 2.25. The lowest BCUT2D eigenvalue weighted by Crippen LogP contribution is -2.44. The second-order valence-electron chi connectivity index (χ2n) is 5.17. The van der Waals surface area contributed by atoms with E-state index in [1.54, 1.807) is 12.3 Å². The van der Waals surface area contributed by atoms with Crippen molar-refractivity contribution in [3.05, 3.63) is 23.6 Å². The summed E-state index contributed by atoms with van der Waals surface area (Å²) in [4.78, 5) is 6.28. The molecule has 2 heterocycles. The van der Waals surface area contributed by atoms with Gasteiger partial charge in [-0.1, -0.05) is 0 Å². The van der Waals surface area contributed by atoms with Gasteiger partial charge in [0.2, 0.25) is 0 Å². The maximum Gasteiger partial charge on any atom is 0.170 e. The molecule has 1 aliphatic heterocycles. The van der Waals surface area contributed by atoms with Crippen LogP contribution in [-0.4, -0.2) is 35.6 Å². The standard InChI is InChI=1S/C13H20FN3S/c1-13(2)9-17(6-7-18-13)12-11(14)10(8-15-3)4-5-16-12/h4-5,15H,6-9H2,1-3H3. The van der Waals surface area contributed by atoms with Crippen molar-refractivity contribution in [2.75, 3.05) is 30.8 Å². The molecule has 0 radical (unpaired) electrons. The summed E-state index contributed by atoms with van der Waals surface area (Å²) in [6.07, 6.45) is 1.69. The third-order valence-corrected chi connectivity index (χ3v) is 4.34. The number of pyridine rings is 1. The maximum atomic E-state index is 14.3. The van der Waals surface area contributed by atoms with Crippen molar-refractivity contribution < 1.29 is 4.39 Å². The van der Waals surface area contributed by atoms with Gasteiger partial charge in [0.15, 0.2) is 11.6 Å². The van der Waals surface area contributed by atoms with E-state index in [-0.39, 0.29) is 10.6 Å². The van der Waals surface area contributed by atoms with Crippen LogP contribution in [0.4, 0.5) is 10.2 Å². The van der Waals surface area contributed by atoms with Crippen molar-refractivity contribution in [1.82, 2.24) is 10.3 Å². The smallest absolute Gasteiger partial charge is 0.170 e. The Bertz CT molecular complexity index is 423. The van der Waals surface area contributed by atoms with Gasteiger partial charge in [0.1, 0.15) is 0 Å². The van der Waals surface area contributed by atoms with Crippen LogP contribution in [0.3, 0.4) is 0 Å². The summed E-state index contributed by atoms with van der Waals surface area (Å²) >= 11 is 1.93. The molecule has 1 aromatic rings. The van der Waals surface area contributed by atoms with Crippen molar-refractivity contribution in [2.24, 2.45) is 0 Å². The molecule has 1 fully saturated rings. The monoisotopic (exact) mass is 269 g/mol.